The molecule has 26 heavy (non-hydrogen) atoms. The van der Waals surface area contributed by atoms with Crippen LogP contribution in [0.3, 0.4) is 0 Å². The highest BCUT2D eigenvalue weighted by Gasteiger charge is 2.41. The van der Waals surface area contributed by atoms with Crippen LogP contribution in [0.2, 0.25) is 0 Å². The van der Waals surface area contributed by atoms with Crippen LogP contribution in [0, 0.1) is 11.7 Å². The minimum absolute atomic E-state index is 0.0534. The van der Waals surface area contributed by atoms with Gasteiger partial charge in [-0.25, -0.2) is 9.07 Å². The molecule has 2 aliphatic rings. The summed E-state index contributed by atoms with van der Waals surface area (Å²) in [5.74, 6) is -2.20. The molecule has 0 spiro atoms. The van der Waals surface area contributed by atoms with Gasteiger partial charge in [0.2, 0.25) is 0 Å². The maximum atomic E-state index is 13.9. The largest absolute Gasteiger partial charge is 0.481 e. The van der Waals surface area contributed by atoms with Crippen LogP contribution in [-0.2, 0) is 4.79 Å². The molecule has 2 fully saturated rings. The molecule has 1 amide bonds. The third-order valence-electron chi connectivity index (χ3n) is 5.18. The molecule has 4 rings (SSSR count). The van der Waals surface area contributed by atoms with Gasteiger partial charge in [0, 0.05) is 12.1 Å². The fraction of sp³-hybridized carbons (Fsp3) is 0.444. The van der Waals surface area contributed by atoms with Crippen molar-refractivity contribution in [1.29, 1.82) is 0 Å². The molecule has 0 aliphatic heterocycles. The number of carbonyl (C=O) groups excluding carboxylic acids is 1. The summed E-state index contributed by atoms with van der Waals surface area (Å²) in [5, 5.41) is 20.5. The molecule has 8 heteroatoms. The second-order valence-electron chi connectivity index (χ2n) is 7.03. The minimum atomic E-state index is -0.903. The van der Waals surface area contributed by atoms with E-state index < -0.39 is 29.7 Å². The maximum Gasteiger partial charge on any atom is 0.306 e. The SMILES string of the molecule is O=C(N[C@@H]1CC(C(=O)O)C[C@@H]1n1cc(C2CC2)nn1)c1ccccc1F. The lowest BCUT2D eigenvalue weighted by Crippen LogP contribution is -2.39. The highest BCUT2D eigenvalue weighted by atomic mass is 19.1. The van der Waals surface area contributed by atoms with Crippen molar-refractivity contribution < 1.29 is 19.1 Å². The molecule has 0 saturated heterocycles. The first kappa shape index (κ1) is 16.7. The Kier molecular flexibility index (Phi) is 4.18. The first-order chi connectivity index (χ1) is 12.5. The molecule has 1 aromatic carbocycles. The number of halogens is 1. The van der Waals surface area contributed by atoms with Gasteiger partial charge in [-0.05, 0) is 37.8 Å². The van der Waals surface area contributed by atoms with Crippen LogP contribution in [0.1, 0.15) is 53.7 Å². The van der Waals surface area contributed by atoms with E-state index in [-0.39, 0.29) is 18.0 Å². The lowest BCUT2D eigenvalue weighted by molar-refractivity contribution is -0.141. The predicted molar refractivity (Wildman–Crippen MR) is 89.0 cm³/mol. The number of nitrogens with one attached hydrogen (secondary N) is 1. The van der Waals surface area contributed by atoms with Gasteiger partial charge in [-0.2, -0.15) is 0 Å². The normalized spacial score (nSPS) is 25.2. The van der Waals surface area contributed by atoms with Gasteiger partial charge in [0.1, 0.15) is 5.82 Å². The number of benzene rings is 1. The Bertz CT molecular complexity index is 848. The van der Waals surface area contributed by atoms with E-state index in [0.29, 0.717) is 12.3 Å². The van der Waals surface area contributed by atoms with Crippen molar-refractivity contribution in [2.75, 3.05) is 0 Å². The molecule has 136 valence electrons. The fourth-order valence-electron chi connectivity index (χ4n) is 3.57. The van der Waals surface area contributed by atoms with Gasteiger partial charge in [0.05, 0.1) is 29.3 Å². The van der Waals surface area contributed by atoms with Crippen LogP contribution in [0.4, 0.5) is 4.39 Å². The molecule has 2 aromatic rings. The van der Waals surface area contributed by atoms with Crippen molar-refractivity contribution >= 4 is 11.9 Å². The van der Waals surface area contributed by atoms with Crippen molar-refractivity contribution in [3.8, 4) is 0 Å². The zero-order chi connectivity index (χ0) is 18.3. The molecule has 1 heterocycles. The second kappa shape index (κ2) is 6.51. The molecule has 2 saturated carbocycles. The number of hydrogen-bond acceptors (Lipinski definition) is 4. The number of amides is 1. The molecule has 0 radical (unpaired) electrons. The van der Waals surface area contributed by atoms with E-state index in [1.807, 2.05) is 6.20 Å². The fourth-order valence-corrected chi connectivity index (χ4v) is 3.57. The van der Waals surface area contributed by atoms with Gasteiger partial charge in [-0.3, -0.25) is 9.59 Å². The Morgan fingerprint density at radius 1 is 1.23 bits per heavy atom. The van der Waals surface area contributed by atoms with Crippen LogP contribution in [-0.4, -0.2) is 38.0 Å². The van der Waals surface area contributed by atoms with Gasteiger partial charge in [0.15, 0.2) is 0 Å². The number of carboxylic acid groups (broad SMARTS) is 1. The monoisotopic (exact) mass is 358 g/mol. The summed E-state index contributed by atoms with van der Waals surface area (Å²) in [6.45, 7) is 0. The van der Waals surface area contributed by atoms with E-state index in [0.717, 1.165) is 18.5 Å². The smallest absolute Gasteiger partial charge is 0.306 e. The third-order valence-corrected chi connectivity index (χ3v) is 5.18. The van der Waals surface area contributed by atoms with Crippen molar-refractivity contribution in [3.05, 3.63) is 47.5 Å². The van der Waals surface area contributed by atoms with E-state index in [9.17, 15) is 19.1 Å². The third kappa shape index (κ3) is 3.18. The zero-order valence-corrected chi connectivity index (χ0v) is 14.0. The van der Waals surface area contributed by atoms with E-state index in [1.165, 1.54) is 18.2 Å². The van der Waals surface area contributed by atoms with Crippen molar-refractivity contribution in [3.63, 3.8) is 0 Å². The van der Waals surface area contributed by atoms with Crippen molar-refractivity contribution in [2.45, 2.75) is 43.7 Å². The molecular weight excluding hydrogens is 339 g/mol. The van der Waals surface area contributed by atoms with Crippen molar-refractivity contribution in [1.82, 2.24) is 20.3 Å². The van der Waals surface area contributed by atoms with Crippen LogP contribution < -0.4 is 5.32 Å². The number of carboxylic acids is 1. The Morgan fingerprint density at radius 2 is 2.00 bits per heavy atom. The van der Waals surface area contributed by atoms with E-state index >= 15 is 0 Å². The van der Waals surface area contributed by atoms with Gasteiger partial charge in [-0.15, -0.1) is 5.10 Å². The lowest BCUT2D eigenvalue weighted by Gasteiger charge is -2.20. The first-order valence-electron chi connectivity index (χ1n) is 8.73. The van der Waals surface area contributed by atoms with Gasteiger partial charge < -0.3 is 10.4 Å². The molecule has 2 aliphatic carbocycles. The summed E-state index contributed by atoms with van der Waals surface area (Å²) in [4.78, 5) is 23.9. The average Bonchev–Trinajstić information content (AvgIpc) is 3.19. The summed E-state index contributed by atoms with van der Waals surface area (Å²) in [6, 6.07) is 4.97. The Morgan fingerprint density at radius 3 is 2.69 bits per heavy atom. The quantitative estimate of drug-likeness (QED) is 0.853. The molecule has 1 unspecified atom stereocenters. The maximum absolute atomic E-state index is 13.9. The summed E-state index contributed by atoms with van der Waals surface area (Å²) >= 11 is 0. The number of rotatable bonds is 5. The molecule has 7 nitrogen and oxygen atoms in total. The van der Waals surface area contributed by atoms with E-state index in [2.05, 4.69) is 15.6 Å². The number of aliphatic carboxylic acids is 1. The van der Waals surface area contributed by atoms with Crippen LogP contribution in [0.15, 0.2) is 30.5 Å². The number of aromatic nitrogens is 3. The highest BCUT2D eigenvalue weighted by molar-refractivity contribution is 5.94. The molecule has 0 bridgehead atoms. The van der Waals surface area contributed by atoms with Crippen molar-refractivity contribution in [2.24, 2.45) is 5.92 Å². The summed E-state index contributed by atoms with van der Waals surface area (Å²) < 4.78 is 15.5. The number of carbonyl (C=O) groups is 2. The molecular formula is C18H19FN4O3. The zero-order valence-electron chi connectivity index (χ0n) is 14.0. The van der Waals surface area contributed by atoms with Gasteiger partial charge in [-0.1, -0.05) is 17.3 Å². The molecule has 3 atom stereocenters. The predicted octanol–water partition coefficient (Wildman–Crippen LogP) is 2.13. The minimum Gasteiger partial charge on any atom is -0.481 e. The topological polar surface area (TPSA) is 97.1 Å². The van der Waals surface area contributed by atoms with Gasteiger partial charge in [0.25, 0.3) is 5.91 Å². The molecule has 2 N–H and O–H groups in total. The summed E-state index contributed by atoms with van der Waals surface area (Å²) in [6.07, 6.45) is 4.65. The number of hydrogen-bond donors (Lipinski definition) is 2. The van der Waals surface area contributed by atoms with Crippen LogP contribution >= 0.6 is 0 Å². The Labute approximate surface area is 149 Å². The summed E-state index contributed by atoms with van der Waals surface area (Å²) in [5.41, 5.74) is 0.852. The first-order valence-corrected chi connectivity index (χ1v) is 8.73. The second-order valence-corrected chi connectivity index (χ2v) is 7.03. The lowest BCUT2D eigenvalue weighted by atomic mass is 10.1. The van der Waals surface area contributed by atoms with E-state index in [1.54, 1.807) is 10.7 Å². The van der Waals surface area contributed by atoms with Crippen LogP contribution in [0.25, 0.3) is 0 Å². The van der Waals surface area contributed by atoms with Crippen LogP contribution in [0.5, 0.6) is 0 Å². The Balaban J connectivity index is 1.55. The molecule has 1 aromatic heterocycles. The average molecular weight is 358 g/mol. The Hall–Kier alpha value is -2.77. The van der Waals surface area contributed by atoms with E-state index in [4.69, 9.17) is 0 Å². The summed E-state index contributed by atoms with van der Waals surface area (Å²) in [7, 11) is 0. The highest BCUT2D eigenvalue weighted by Crippen LogP contribution is 2.40. The van der Waals surface area contributed by atoms with Gasteiger partial charge >= 0.3 is 5.97 Å². The number of nitrogens with zero attached hydrogens (tertiary/aromatic N) is 3. The standard InChI is InChI=1S/C18H19FN4O3/c19-13-4-2-1-3-12(13)17(24)20-14-7-11(18(25)26)8-16(14)23-9-15(21-22-23)10-5-6-10/h1-4,9-11,14,16H,5-8H2,(H,20,24)(H,25,26)/t11?,14-,16+/m1/s1.